The van der Waals surface area contributed by atoms with Crippen molar-refractivity contribution in [2.75, 3.05) is 0 Å². The predicted octanol–water partition coefficient (Wildman–Crippen LogP) is 4.09. The van der Waals surface area contributed by atoms with Gasteiger partial charge in [0.25, 0.3) is 10.0 Å². The summed E-state index contributed by atoms with van der Waals surface area (Å²) in [5, 5.41) is 14.3. The van der Waals surface area contributed by atoms with Crippen LogP contribution in [-0.4, -0.2) is 40.0 Å². The zero-order chi connectivity index (χ0) is 26.6. The Morgan fingerprint density at radius 1 is 1.05 bits per heavy atom. The molecule has 2 aromatic heterocycles. The molecular weight excluding hydrogens is 504 g/mol. The van der Waals surface area contributed by atoms with E-state index < -0.39 is 21.9 Å². The van der Waals surface area contributed by atoms with Gasteiger partial charge >= 0.3 is 5.97 Å². The zero-order valence-electron chi connectivity index (χ0n) is 20.7. The van der Waals surface area contributed by atoms with E-state index in [2.05, 4.69) is 9.71 Å². The number of carboxylic acids is 1. The van der Waals surface area contributed by atoms with Crippen LogP contribution in [0.2, 0.25) is 0 Å². The number of aromatic nitrogens is 3. The lowest BCUT2D eigenvalue weighted by Crippen LogP contribution is -2.32. The van der Waals surface area contributed by atoms with Gasteiger partial charge in [-0.1, -0.05) is 42.5 Å². The molecule has 38 heavy (non-hydrogen) atoms. The summed E-state index contributed by atoms with van der Waals surface area (Å²) in [6, 6.07) is 15.7. The zero-order valence-corrected chi connectivity index (χ0v) is 21.5. The molecule has 0 bridgehead atoms. The molecule has 6 rings (SSSR count). The topological polar surface area (TPSA) is 131 Å². The molecule has 2 N–H and O–H groups in total. The minimum Gasteiger partial charge on any atom is -0.477 e. The van der Waals surface area contributed by atoms with Crippen molar-refractivity contribution in [2.24, 2.45) is 5.92 Å². The monoisotopic (exact) mass is 530 g/mol. The fourth-order valence-electron chi connectivity index (χ4n) is 4.75. The summed E-state index contributed by atoms with van der Waals surface area (Å²) in [6.07, 6.45) is 4.04. The summed E-state index contributed by atoms with van der Waals surface area (Å²) in [7, 11) is -4.01. The van der Waals surface area contributed by atoms with Crippen LogP contribution < -0.4 is 4.72 Å². The van der Waals surface area contributed by atoms with Crippen molar-refractivity contribution < 1.29 is 23.1 Å². The highest BCUT2D eigenvalue weighted by Crippen LogP contribution is 2.42. The highest BCUT2D eigenvalue weighted by atomic mass is 32.2. The second kappa shape index (κ2) is 9.05. The predicted molar refractivity (Wildman–Crippen MR) is 139 cm³/mol. The van der Waals surface area contributed by atoms with E-state index in [-0.39, 0.29) is 16.5 Å². The van der Waals surface area contributed by atoms with Crippen LogP contribution in [0, 0.1) is 12.8 Å². The molecule has 0 saturated heterocycles. The Hall–Kier alpha value is -4.05. The number of carbonyl (C=O) groups is 2. The number of nitrogens with one attached hydrogen (secondary N) is 1. The first kappa shape index (κ1) is 24.3. The van der Waals surface area contributed by atoms with Gasteiger partial charge in [0.2, 0.25) is 5.91 Å². The largest absolute Gasteiger partial charge is 0.477 e. The number of nitrogens with zero attached hydrogens (tertiary/aromatic N) is 3. The van der Waals surface area contributed by atoms with Crippen LogP contribution in [0.5, 0.6) is 0 Å². The minimum atomic E-state index is -4.01. The van der Waals surface area contributed by atoms with Gasteiger partial charge in [0, 0.05) is 35.1 Å². The van der Waals surface area contributed by atoms with E-state index in [4.69, 9.17) is 5.10 Å². The molecule has 10 heteroatoms. The molecule has 2 saturated carbocycles. The van der Waals surface area contributed by atoms with E-state index in [1.807, 2.05) is 31.2 Å². The summed E-state index contributed by atoms with van der Waals surface area (Å²) in [4.78, 5) is 28.2. The van der Waals surface area contributed by atoms with Crippen LogP contribution in [-0.2, 0) is 21.2 Å². The summed E-state index contributed by atoms with van der Waals surface area (Å²) in [5.74, 6) is -1.41. The lowest BCUT2D eigenvalue weighted by Gasteiger charge is -2.12. The second-order valence-electron chi connectivity index (χ2n) is 10.1. The van der Waals surface area contributed by atoms with Crippen molar-refractivity contribution >= 4 is 27.5 Å². The van der Waals surface area contributed by atoms with Gasteiger partial charge in [-0.25, -0.2) is 27.4 Å². The highest BCUT2D eigenvalue weighted by Gasteiger charge is 2.34. The van der Waals surface area contributed by atoms with Crippen LogP contribution in [0.25, 0.3) is 16.8 Å². The molecule has 0 atom stereocenters. The number of benzene rings is 2. The molecule has 2 aliphatic rings. The molecule has 2 heterocycles. The molecule has 2 aromatic carbocycles. The van der Waals surface area contributed by atoms with Crippen LogP contribution >= 0.6 is 0 Å². The SMILES string of the molecule is Cc1cc(C(=O)O)nc2c(Cc3ccc(-c4ccccc4S(=O)(=O)NC(=O)C4CC4)cc3)c(C3CC3)nn12. The third-order valence-electron chi connectivity index (χ3n) is 7.08. The standard InChI is InChI=1S/C28H26N4O5S/c1-16-14-23(28(34)35)29-26-22(25(19-10-11-19)30-32(16)26)15-17-6-8-18(9-7-17)21-4-2-3-5-24(21)38(36,37)31-27(33)20-12-13-20/h2-9,14,19-20H,10-13,15H2,1H3,(H,31,33)(H,34,35). The Morgan fingerprint density at radius 3 is 2.42 bits per heavy atom. The van der Waals surface area contributed by atoms with E-state index >= 15 is 0 Å². The third kappa shape index (κ3) is 4.56. The molecule has 1 amide bonds. The Balaban J connectivity index is 1.33. The molecule has 0 aliphatic heterocycles. The molecular formula is C28H26N4O5S. The van der Waals surface area contributed by atoms with Crippen molar-refractivity contribution in [1.82, 2.24) is 19.3 Å². The van der Waals surface area contributed by atoms with Crippen molar-refractivity contribution in [3.8, 4) is 11.1 Å². The summed E-state index contributed by atoms with van der Waals surface area (Å²) in [5.41, 5.74) is 5.30. The molecule has 4 aromatic rings. The molecule has 2 fully saturated rings. The summed E-state index contributed by atoms with van der Waals surface area (Å²) < 4.78 is 29.9. The van der Waals surface area contributed by atoms with Crippen molar-refractivity contribution in [3.63, 3.8) is 0 Å². The maximum Gasteiger partial charge on any atom is 0.354 e. The fourth-order valence-corrected chi connectivity index (χ4v) is 6.02. The molecule has 0 spiro atoms. The lowest BCUT2D eigenvalue weighted by atomic mass is 9.99. The number of aromatic carboxylic acids is 1. The van der Waals surface area contributed by atoms with Gasteiger partial charge in [-0.2, -0.15) is 5.10 Å². The number of hydrogen-bond acceptors (Lipinski definition) is 6. The smallest absolute Gasteiger partial charge is 0.354 e. The average molecular weight is 531 g/mol. The van der Waals surface area contributed by atoms with Crippen molar-refractivity contribution in [1.29, 1.82) is 0 Å². The van der Waals surface area contributed by atoms with Crippen molar-refractivity contribution in [3.05, 3.63) is 82.8 Å². The van der Waals surface area contributed by atoms with Gasteiger partial charge in [0.05, 0.1) is 10.6 Å². The number of carbonyl (C=O) groups excluding carboxylic acids is 1. The van der Waals surface area contributed by atoms with E-state index in [0.717, 1.165) is 29.7 Å². The van der Waals surface area contributed by atoms with Crippen molar-refractivity contribution in [2.45, 2.75) is 49.8 Å². The molecule has 0 radical (unpaired) electrons. The first-order valence-electron chi connectivity index (χ1n) is 12.6. The van der Waals surface area contributed by atoms with E-state index in [9.17, 15) is 23.1 Å². The van der Waals surface area contributed by atoms with Gasteiger partial charge in [0.1, 0.15) is 0 Å². The first-order chi connectivity index (χ1) is 18.2. The lowest BCUT2D eigenvalue weighted by molar-refractivity contribution is -0.120. The molecule has 0 unspecified atom stereocenters. The second-order valence-corrected chi connectivity index (χ2v) is 11.7. The van der Waals surface area contributed by atoms with Gasteiger partial charge in [-0.3, -0.25) is 4.79 Å². The Morgan fingerprint density at radius 2 is 1.76 bits per heavy atom. The number of aryl methyl sites for hydroxylation is 1. The summed E-state index contributed by atoms with van der Waals surface area (Å²) >= 11 is 0. The normalized spacial score (nSPS) is 15.5. The number of sulfonamides is 1. The van der Waals surface area contributed by atoms with E-state index in [1.54, 1.807) is 22.7 Å². The third-order valence-corrected chi connectivity index (χ3v) is 8.49. The highest BCUT2D eigenvalue weighted by molar-refractivity contribution is 7.90. The van der Waals surface area contributed by atoms with Crippen LogP contribution in [0.1, 0.15) is 64.6 Å². The number of amides is 1. The maximum atomic E-state index is 13.0. The van der Waals surface area contributed by atoms with Gasteiger partial charge < -0.3 is 5.11 Å². The van der Waals surface area contributed by atoms with Crippen LogP contribution in [0.4, 0.5) is 0 Å². The number of rotatable bonds is 8. The van der Waals surface area contributed by atoms with E-state index in [0.29, 0.717) is 47.6 Å². The van der Waals surface area contributed by atoms with E-state index in [1.165, 1.54) is 12.1 Å². The average Bonchev–Trinajstić information content (AvgIpc) is 3.82. The Labute approximate surface area is 219 Å². The van der Waals surface area contributed by atoms with Gasteiger partial charge in [-0.15, -0.1) is 0 Å². The Kier molecular flexibility index (Phi) is 5.79. The number of fused-ring (bicyclic) bond motifs is 1. The van der Waals surface area contributed by atoms with Gasteiger partial charge in [0.15, 0.2) is 11.3 Å². The van der Waals surface area contributed by atoms with Gasteiger partial charge in [-0.05, 0) is 55.9 Å². The first-order valence-corrected chi connectivity index (χ1v) is 14.1. The summed E-state index contributed by atoms with van der Waals surface area (Å²) in [6.45, 7) is 1.82. The maximum absolute atomic E-state index is 13.0. The number of hydrogen-bond donors (Lipinski definition) is 2. The molecule has 9 nitrogen and oxygen atoms in total. The van der Waals surface area contributed by atoms with Crippen LogP contribution in [0.15, 0.2) is 59.5 Å². The number of carboxylic acid groups (broad SMARTS) is 1. The molecule has 194 valence electrons. The fraction of sp³-hybridized carbons (Fsp3) is 0.286. The Bertz CT molecular complexity index is 1700. The minimum absolute atomic E-state index is 0.0135. The molecule has 2 aliphatic carbocycles. The van der Waals surface area contributed by atoms with Crippen LogP contribution in [0.3, 0.4) is 0 Å². The quantitative estimate of drug-likeness (QED) is 0.351.